The first kappa shape index (κ1) is 13.4. The van der Waals surface area contributed by atoms with Crippen molar-refractivity contribution in [2.24, 2.45) is 17.8 Å². The molecule has 0 aromatic rings. The molecule has 0 radical (unpaired) electrons. The van der Waals surface area contributed by atoms with Crippen molar-refractivity contribution < 1.29 is 14.4 Å². The Morgan fingerprint density at radius 2 is 1.84 bits per heavy atom. The summed E-state index contributed by atoms with van der Waals surface area (Å²) in [5.74, 6) is 1.68. The highest BCUT2D eigenvalue weighted by atomic mass is 16.8. The SMILES string of the molecule is O=C(NOC1CCCCO1)C1CC1C1CCCCC1. The summed E-state index contributed by atoms with van der Waals surface area (Å²) in [6, 6.07) is 0. The van der Waals surface area contributed by atoms with Crippen LogP contribution in [-0.4, -0.2) is 18.8 Å². The van der Waals surface area contributed by atoms with Crippen LogP contribution in [0.1, 0.15) is 57.8 Å². The lowest BCUT2D eigenvalue weighted by atomic mass is 9.85. The van der Waals surface area contributed by atoms with Gasteiger partial charge in [-0.2, -0.15) is 0 Å². The zero-order valence-corrected chi connectivity index (χ0v) is 11.6. The van der Waals surface area contributed by atoms with Crippen molar-refractivity contribution >= 4 is 5.91 Å². The van der Waals surface area contributed by atoms with E-state index >= 15 is 0 Å². The molecule has 3 fully saturated rings. The molecule has 3 unspecified atom stereocenters. The van der Waals surface area contributed by atoms with E-state index in [0.29, 0.717) is 5.92 Å². The van der Waals surface area contributed by atoms with Crippen molar-refractivity contribution in [1.29, 1.82) is 0 Å². The molecule has 0 bridgehead atoms. The lowest BCUT2D eigenvalue weighted by molar-refractivity contribution is -0.201. The molecule has 3 atom stereocenters. The maximum absolute atomic E-state index is 12.0. The average molecular weight is 267 g/mol. The molecular formula is C15H25NO3. The second-order valence-corrected chi connectivity index (χ2v) is 6.28. The molecule has 1 amide bonds. The number of rotatable bonds is 4. The molecular weight excluding hydrogens is 242 g/mol. The van der Waals surface area contributed by atoms with Gasteiger partial charge >= 0.3 is 0 Å². The molecule has 3 rings (SSSR count). The third-order valence-electron chi connectivity index (χ3n) is 4.86. The van der Waals surface area contributed by atoms with Gasteiger partial charge in [-0.15, -0.1) is 0 Å². The monoisotopic (exact) mass is 267 g/mol. The van der Waals surface area contributed by atoms with Crippen molar-refractivity contribution in [3.63, 3.8) is 0 Å². The van der Waals surface area contributed by atoms with Crippen molar-refractivity contribution in [1.82, 2.24) is 5.48 Å². The van der Waals surface area contributed by atoms with Crippen LogP contribution >= 0.6 is 0 Å². The Balaban J connectivity index is 1.37. The Hall–Kier alpha value is -0.610. The van der Waals surface area contributed by atoms with E-state index in [9.17, 15) is 4.79 Å². The number of hydrogen-bond donors (Lipinski definition) is 1. The van der Waals surface area contributed by atoms with Crippen LogP contribution in [0.5, 0.6) is 0 Å². The van der Waals surface area contributed by atoms with Gasteiger partial charge in [0.1, 0.15) is 0 Å². The van der Waals surface area contributed by atoms with Gasteiger partial charge in [0, 0.05) is 18.9 Å². The molecule has 0 aromatic carbocycles. The van der Waals surface area contributed by atoms with Gasteiger partial charge in [0.05, 0.1) is 0 Å². The van der Waals surface area contributed by atoms with E-state index in [1.54, 1.807) is 0 Å². The summed E-state index contributed by atoms with van der Waals surface area (Å²) in [6.07, 6.45) is 10.6. The molecule has 0 spiro atoms. The number of carbonyl (C=O) groups excluding carboxylic acids is 1. The van der Waals surface area contributed by atoms with Gasteiger partial charge in [0.15, 0.2) is 6.29 Å². The van der Waals surface area contributed by atoms with E-state index in [1.807, 2.05) is 0 Å². The lowest BCUT2D eigenvalue weighted by Crippen LogP contribution is -2.34. The second-order valence-electron chi connectivity index (χ2n) is 6.28. The standard InChI is InChI=1S/C15H25NO3/c17-15(16-19-14-8-4-5-9-18-14)13-10-12(13)11-6-2-1-3-7-11/h11-14H,1-10H2,(H,16,17). The smallest absolute Gasteiger partial charge is 0.247 e. The van der Waals surface area contributed by atoms with Crippen LogP contribution in [0.4, 0.5) is 0 Å². The fourth-order valence-corrected chi connectivity index (χ4v) is 3.60. The summed E-state index contributed by atoms with van der Waals surface area (Å²) >= 11 is 0. The molecule has 1 aliphatic heterocycles. The number of nitrogens with one attached hydrogen (secondary N) is 1. The fourth-order valence-electron chi connectivity index (χ4n) is 3.60. The zero-order chi connectivity index (χ0) is 13.1. The van der Waals surface area contributed by atoms with E-state index in [2.05, 4.69) is 5.48 Å². The van der Waals surface area contributed by atoms with Crippen molar-refractivity contribution in [2.45, 2.75) is 64.1 Å². The van der Waals surface area contributed by atoms with Crippen LogP contribution in [0, 0.1) is 17.8 Å². The highest BCUT2D eigenvalue weighted by molar-refractivity contribution is 5.80. The summed E-state index contributed by atoms with van der Waals surface area (Å²) in [7, 11) is 0. The van der Waals surface area contributed by atoms with Crippen LogP contribution < -0.4 is 5.48 Å². The van der Waals surface area contributed by atoms with Crippen LogP contribution in [-0.2, 0) is 14.4 Å². The van der Waals surface area contributed by atoms with Crippen LogP contribution in [0.15, 0.2) is 0 Å². The quantitative estimate of drug-likeness (QED) is 0.797. The van der Waals surface area contributed by atoms with E-state index in [0.717, 1.165) is 38.2 Å². The number of amides is 1. The minimum atomic E-state index is -0.232. The number of hydroxylamine groups is 1. The third-order valence-corrected chi connectivity index (χ3v) is 4.86. The first-order valence-corrected chi connectivity index (χ1v) is 7.91. The summed E-state index contributed by atoms with van der Waals surface area (Å²) in [6.45, 7) is 0.745. The number of carbonyl (C=O) groups is 1. The molecule has 1 saturated heterocycles. The van der Waals surface area contributed by atoms with E-state index in [1.165, 1.54) is 32.1 Å². The van der Waals surface area contributed by atoms with Gasteiger partial charge in [0.25, 0.3) is 0 Å². The fraction of sp³-hybridized carbons (Fsp3) is 0.933. The van der Waals surface area contributed by atoms with Gasteiger partial charge < -0.3 is 4.74 Å². The zero-order valence-electron chi connectivity index (χ0n) is 11.6. The molecule has 1 N–H and O–H groups in total. The van der Waals surface area contributed by atoms with Crippen molar-refractivity contribution in [3.8, 4) is 0 Å². The minimum absolute atomic E-state index is 0.0738. The van der Waals surface area contributed by atoms with E-state index in [4.69, 9.17) is 9.57 Å². The van der Waals surface area contributed by atoms with E-state index < -0.39 is 0 Å². The molecule has 108 valence electrons. The highest BCUT2D eigenvalue weighted by Gasteiger charge is 2.47. The van der Waals surface area contributed by atoms with Crippen molar-refractivity contribution in [2.75, 3.05) is 6.61 Å². The minimum Gasteiger partial charge on any atom is -0.350 e. The Kier molecular flexibility index (Phi) is 4.38. The van der Waals surface area contributed by atoms with Crippen LogP contribution in [0.25, 0.3) is 0 Å². The molecule has 2 saturated carbocycles. The van der Waals surface area contributed by atoms with Gasteiger partial charge in [-0.3, -0.25) is 4.79 Å². The normalized spacial score (nSPS) is 35.9. The molecule has 4 nitrogen and oxygen atoms in total. The maximum Gasteiger partial charge on any atom is 0.247 e. The molecule has 1 heterocycles. The largest absolute Gasteiger partial charge is 0.350 e. The van der Waals surface area contributed by atoms with Crippen molar-refractivity contribution in [3.05, 3.63) is 0 Å². The Morgan fingerprint density at radius 1 is 1.05 bits per heavy atom. The molecule has 2 aliphatic carbocycles. The van der Waals surface area contributed by atoms with Gasteiger partial charge in [-0.25, -0.2) is 10.3 Å². The van der Waals surface area contributed by atoms with Gasteiger partial charge in [0.2, 0.25) is 5.91 Å². The number of hydrogen-bond acceptors (Lipinski definition) is 3. The summed E-state index contributed by atoms with van der Waals surface area (Å²) in [5, 5.41) is 0. The molecule has 0 aromatic heterocycles. The van der Waals surface area contributed by atoms with E-state index in [-0.39, 0.29) is 18.1 Å². The molecule has 4 heteroatoms. The summed E-state index contributed by atoms with van der Waals surface area (Å²) < 4.78 is 5.43. The average Bonchev–Trinajstić information content (AvgIpc) is 3.27. The highest BCUT2D eigenvalue weighted by Crippen LogP contribution is 2.49. The van der Waals surface area contributed by atoms with Crippen LogP contribution in [0.3, 0.4) is 0 Å². The topological polar surface area (TPSA) is 47.6 Å². The lowest BCUT2D eigenvalue weighted by Gasteiger charge is -2.23. The summed E-state index contributed by atoms with van der Waals surface area (Å²) in [5.41, 5.74) is 2.62. The second kappa shape index (κ2) is 6.23. The van der Waals surface area contributed by atoms with Crippen LogP contribution in [0.2, 0.25) is 0 Å². The maximum atomic E-state index is 12.0. The molecule has 3 aliphatic rings. The first-order valence-electron chi connectivity index (χ1n) is 7.91. The third kappa shape index (κ3) is 3.48. The van der Waals surface area contributed by atoms with Gasteiger partial charge in [-0.05, 0) is 31.1 Å². The number of ether oxygens (including phenoxy) is 1. The first-order chi connectivity index (χ1) is 9.34. The Labute approximate surface area is 115 Å². The Morgan fingerprint density at radius 3 is 2.58 bits per heavy atom. The predicted molar refractivity (Wildman–Crippen MR) is 71.0 cm³/mol. The van der Waals surface area contributed by atoms with Gasteiger partial charge in [-0.1, -0.05) is 32.1 Å². The summed E-state index contributed by atoms with van der Waals surface area (Å²) in [4.78, 5) is 17.4. The molecule has 19 heavy (non-hydrogen) atoms. The Bertz CT molecular complexity index is 309. The predicted octanol–water partition coefficient (Wildman–Crippen LogP) is 2.78.